The lowest BCUT2D eigenvalue weighted by atomic mass is 9.60. The minimum absolute atomic E-state index is 0.0578. The molecule has 1 aromatic rings. The van der Waals surface area contributed by atoms with Crippen molar-refractivity contribution in [1.29, 1.82) is 0 Å². The molecule has 3 unspecified atom stereocenters. The predicted octanol–water partition coefficient (Wildman–Crippen LogP) is 2.61. The normalized spacial score (nSPS) is 31.6. The molecule has 4 fully saturated rings. The summed E-state index contributed by atoms with van der Waals surface area (Å²) in [4.78, 5) is 25.1. The summed E-state index contributed by atoms with van der Waals surface area (Å²) < 4.78 is 63.2. The number of fused-ring (bicyclic) bond motifs is 3. The van der Waals surface area contributed by atoms with E-state index in [-0.39, 0.29) is 36.8 Å². The Kier molecular flexibility index (Phi) is 8.22. The van der Waals surface area contributed by atoms with Crippen LogP contribution >= 0.6 is 11.6 Å². The second-order valence-electron chi connectivity index (χ2n) is 10.1. The summed E-state index contributed by atoms with van der Waals surface area (Å²) >= 11 is 5.64. The van der Waals surface area contributed by atoms with Crippen molar-refractivity contribution in [2.45, 2.75) is 80.4 Å². The number of rotatable bonds is 8. The molecule has 3 aliphatic carbocycles. The molecule has 13 heteroatoms. The van der Waals surface area contributed by atoms with Crippen LogP contribution in [0.4, 0.5) is 17.6 Å². The Bertz CT molecular complexity index is 1000. The van der Waals surface area contributed by atoms with Crippen LogP contribution < -0.4 is 20.7 Å². The number of ether oxygens (including phenoxy) is 2. The summed E-state index contributed by atoms with van der Waals surface area (Å²) in [6.07, 6.45) is -3.83. The van der Waals surface area contributed by atoms with Crippen LogP contribution in [0.5, 0.6) is 5.75 Å². The smallest absolute Gasteiger partial charge is 0.403 e. The minimum atomic E-state index is -4.38. The van der Waals surface area contributed by atoms with Crippen molar-refractivity contribution in [3.8, 4) is 5.75 Å². The monoisotopic (exact) mass is 551 g/mol. The van der Waals surface area contributed by atoms with E-state index in [0.29, 0.717) is 32.1 Å². The molecular formula is C24H30ClF4N3O5. The molecule has 1 aromatic carbocycles. The highest BCUT2D eigenvalue weighted by molar-refractivity contribution is 6.30. The third-order valence-corrected chi connectivity index (χ3v) is 7.88. The van der Waals surface area contributed by atoms with Crippen molar-refractivity contribution in [2.75, 3.05) is 19.8 Å². The molecule has 1 aliphatic heterocycles. The van der Waals surface area contributed by atoms with Gasteiger partial charge in [0.15, 0.2) is 6.61 Å². The molecule has 1 heterocycles. The Morgan fingerprint density at radius 2 is 1.84 bits per heavy atom. The number of alkyl halides is 3. The summed E-state index contributed by atoms with van der Waals surface area (Å²) in [6.45, 7) is -0.590. The van der Waals surface area contributed by atoms with Gasteiger partial charge in [0.05, 0.1) is 22.8 Å². The van der Waals surface area contributed by atoms with Crippen LogP contribution in [0.2, 0.25) is 5.02 Å². The number of nitrogens with one attached hydrogen (secondary N) is 3. The summed E-state index contributed by atoms with van der Waals surface area (Å²) in [7, 11) is 0. The highest BCUT2D eigenvalue weighted by atomic mass is 35.5. The van der Waals surface area contributed by atoms with Crippen LogP contribution in [0.15, 0.2) is 18.2 Å². The van der Waals surface area contributed by atoms with Gasteiger partial charge in [0, 0.05) is 11.6 Å². The molecule has 4 N–H and O–H groups in total. The fraction of sp³-hybridized carbons (Fsp3) is 0.667. The number of carbonyl (C=O) groups is 2. The maximum Gasteiger partial charge on any atom is 0.403 e. The predicted molar refractivity (Wildman–Crippen MR) is 125 cm³/mol. The van der Waals surface area contributed by atoms with Crippen LogP contribution in [0.1, 0.15) is 44.9 Å². The molecule has 206 valence electrons. The zero-order valence-electron chi connectivity index (χ0n) is 20.0. The van der Waals surface area contributed by atoms with Gasteiger partial charge < -0.3 is 30.5 Å². The quantitative estimate of drug-likeness (QED) is 0.370. The van der Waals surface area contributed by atoms with Crippen LogP contribution in [0.25, 0.3) is 0 Å². The number of halogens is 5. The average Bonchev–Trinajstić information content (AvgIpc) is 2.84. The van der Waals surface area contributed by atoms with Crippen molar-refractivity contribution in [1.82, 2.24) is 16.0 Å². The first kappa shape index (κ1) is 27.9. The average molecular weight is 552 g/mol. The molecule has 0 aromatic heterocycles. The lowest BCUT2D eigenvalue weighted by Gasteiger charge is -2.56. The number of carbonyl (C=O) groups excluding carboxylic acids is 2. The van der Waals surface area contributed by atoms with Crippen LogP contribution in [0, 0.1) is 5.82 Å². The van der Waals surface area contributed by atoms with Gasteiger partial charge in [-0.3, -0.25) is 9.59 Å². The van der Waals surface area contributed by atoms with Gasteiger partial charge in [0.25, 0.3) is 5.91 Å². The number of aliphatic hydroxyl groups excluding tert-OH is 1. The molecule has 2 bridgehead atoms. The highest BCUT2D eigenvalue weighted by Gasteiger charge is 2.55. The molecular weight excluding hydrogens is 522 g/mol. The Morgan fingerprint density at radius 1 is 1.14 bits per heavy atom. The number of benzene rings is 1. The second kappa shape index (κ2) is 10.9. The van der Waals surface area contributed by atoms with Crippen molar-refractivity contribution < 1.29 is 41.7 Å². The molecule has 4 aliphatic rings. The Balaban J connectivity index is 1.24. The first-order chi connectivity index (χ1) is 17.4. The van der Waals surface area contributed by atoms with Gasteiger partial charge >= 0.3 is 6.18 Å². The van der Waals surface area contributed by atoms with Crippen molar-refractivity contribution in [3.05, 3.63) is 29.0 Å². The zero-order valence-corrected chi connectivity index (χ0v) is 20.8. The molecule has 2 amide bonds. The fourth-order valence-corrected chi connectivity index (χ4v) is 5.62. The van der Waals surface area contributed by atoms with Gasteiger partial charge in [0.1, 0.15) is 24.2 Å². The van der Waals surface area contributed by atoms with E-state index < -0.39 is 59.7 Å². The van der Waals surface area contributed by atoms with Crippen molar-refractivity contribution >= 4 is 23.4 Å². The number of hydrogen-bond acceptors (Lipinski definition) is 6. The Hall–Kier alpha value is -2.15. The van der Waals surface area contributed by atoms with Gasteiger partial charge in [-0.1, -0.05) is 11.6 Å². The molecule has 0 radical (unpaired) electrons. The van der Waals surface area contributed by atoms with Crippen LogP contribution in [0.3, 0.4) is 0 Å². The molecule has 0 spiro atoms. The first-order valence-corrected chi connectivity index (χ1v) is 12.6. The van der Waals surface area contributed by atoms with E-state index in [9.17, 15) is 32.3 Å². The lowest BCUT2D eigenvalue weighted by molar-refractivity contribution is -0.171. The molecule has 8 nitrogen and oxygen atoms in total. The van der Waals surface area contributed by atoms with Crippen molar-refractivity contribution in [3.63, 3.8) is 0 Å². The van der Waals surface area contributed by atoms with Gasteiger partial charge in [-0.2, -0.15) is 13.2 Å². The van der Waals surface area contributed by atoms with Gasteiger partial charge in [-0.05, 0) is 63.6 Å². The number of aliphatic hydroxyl groups is 1. The summed E-state index contributed by atoms with van der Waals surface area (Å²) in [6, 6.07) is 2.20. The molecule has 1 saturated heterocycles. The molecule has 3 atom stereocenters. The fourth-order valence-electron chi connectivity index (χ4n) is 5.50. The molecule has 37 heavy (non-hydrogen) atoms. The first-order valence-electron chi connectivity index (χ1n) is 12.2. The third kappa shape index (κ3) is 6.65. The SMILES string of the molecule is O=C(COc1ccc(Cl)c(F)c1)NC12CCC(NC(=O)COC3CCNC(C(F)(F)F)C3)(CC1)C(O)C2. The van der Waals surface area contributed by atoms with Gasteiger partial charge in [0.2, 0.25) is 5.91 Å². The summed E-state index contributed by atoms with van der Waals surface area (Å²) in [5, 5.41) is 19.0. The topological polar surface area (TPSA) is 109 Å². The van der Waals surface area contributed by atoms with Crippen LogP contribution in [-0.2, 0) is 14.3 Å². The summed E-state index contributed by atoms with van der Waals surface area (Å²) in [5.41, 5.74) is -1.54. The lowest BCUT2D eigenvalue weighted by Crippen LogP contribution is -2.70. The number of piperidine rings is 1. The Labute approximate surface area is 216 Å². The molecule has 5 rings (SSSR count). The maximum absolute atomic E-state index is 13.5. The zero-order chi connectivity index (χ0) is 26.8. The van der Waals surface area contributed by atoms with Crippen LogP contribution in [-0.4, -0.2) is 72.2 Å². The van der Waals surface area contributed by atoms with Crippen molar-refractivity contribution in [2.24, 2.45) is 0 Å². The minimum Gasteiger partial charge on any atom is -0.484 e. The van der Waals surface area contributed by atoms with E-state index in [1.165, 1.54) is 12.1 Å². The Morgan fingerprint density at radius 3 is 2.49 bits per heavy atom. The third-order valence-electron chi connectivity index (χ3n) is 7.58. The maximum atomic E-state index is 13.5. The number of amides is 2. The van der Waals surface area contributed by atoms with Gasteiger partial charge in [-0.15, -0.1) is 0 Å². The van der Waals surface area contributed by atoms with E-state index >= 15 is 0 Å². The van der Waals surface area contributed by atoms with E-state index in [2.05, 4.69) is 16.0 Å². The van der Waals surface area contributed by atoms with E-state index in [0.717, 1.165) is 6.07 Å². The summed E-state index contributed by atoms with van der Waals surface area (Å²) in [5.74, 6) is -1.42. The standard InChI is InChI=1S/C24H30ClF4N3O5/c25-16-2-1-14(9-17(16)26)36-12-20(34)31-22-4-6-23(7-5-22,19(33)11-22)32-21(35)13-37-15-3-8-30-18(10-15)24(27,28)29/h1-2,9,15,18-19,30,33H,3-8,10-13H2,(H,31,34)(H,32,35). The highest BCUT2D eigenvalue weighted by Crippen LogP contribution is 2.47. The second-order valence-corrected chi connectivity index (χ2v) is 10.5. The van der Waals surface area contributed by atoms with E-state index in [4.69, 9.17) is 21.1 Å². The van der Waals surface area contributed by atoms with E-state index in [1.807, 2.05) is 0 Å². The largest absolute Gasteiger partial charge is 0.484 e. The number of hydrogen-bond donors (Lipinski definition) is 4. The van der Waals surface area contributed by atoms with E-state index in [1.54, 1.807) is 0 Å². The molecule has 3 saturated carbocycles. The van der Waals surface area contributed by atoms with Gasteiger partial charge in [-0.25, -0.2) is 4.39 Å².